The molecule has 1 saturated heterocycles. The molecule has 1 fully saturated rings. The minimum atomic E-state index is 0. The first kappa shape index (κ1) is 23.8. The van der Waals surface area contributed by atoms with E-state index < -0.39 is 0 Å². The Kier molecular flexibility index (Phi) is 12.2. The monoisotopic (exact) mass is 490 g/mol. The molecule has 1 aliphatic rings. The summed E-state index contributed by atoms with van der Waals surface area (Å²) in [6, 6.07) is 8.29. The Morgan fingerprint density at radius 3 is 2.33 bits per heavy atom. The Bertz CT molecular complexity index is 531. The van der Waals surface area contributed by atoms with Crippen molar-refractivity contribution in [2.45, 2.75) is 26.2 Å². The molecule has 154 valence electrons. The SMILES string of the molecule is CCCCOCCCNC(=NC)N1CCN(c2ccc(OC)cc2)CC1.I. The Hall–Kier alpha value is -1.22. The summed E-state index contributed by atoms with van der Waals surface area (Å²) in [6.07, 6.45) is 3.34. The molecule has 0 saturated carbocycles. The Morgan fingerprint density at radius 1 is 1.07 bits per heavy atom. The lowest BCUT2D eigenvalue weighted by molar-refractivity contribution is 0.129. The third kappa shape index (κ3) is 8.13. The van der Waals surface area contributed by atoms with Crippen molar-refractivity contribution in [1.29, 1.82) is 0 Å². The van der Waals surface area contributed by atoms with Crippen molar-refractivity contribution in [3.63, 3.8) is 0 Å². The summed E-state index contributed by atoms with van der Waals surface area (Å²) >= 11 is 0. The highest BCUT2D eigenvalue weighted by Gasteiger charge is 2.19. The van der Waals surface area contributed by atoms with Crippen molar-refractivity contribution in [2.24, 2.45) is 4.99 Å². The van der Waals surface area contributed by atoms with Gasteiger partial charge in [-0.1, -0.05) is 13.3 Å². The molecule has 1 aliphatic heterocycles. The van der Waals surface area contributed by atoms with Crippen LogP contribution in [0, 0.1) is 0 Å². The number of hydrogen-bond acceptors (Lipinski definition) is 4. The van der Waals surface area contributed by atoms with Gasteiger partial charge in [-0.25, -0.2) is 0 Å². The second-order valence-electron chi connectivity index (χ2n) is 6.47. The zero-order chi connectivity index (χ0) is 18.6. The van der Waals surface area contributed by atoms with E-state index in [1.165, 1.54) is 12.1 Å². The Morgan fingerprint density at radius 2 is 1.74 bits per heavy atom. The number of ether oxygens (including phenoxy) is 2. The highest BCUT2D eigenvalue weighted by Crippen LogP contribution is 2.20. The fourth-order valence-corrected chi connectivity index (χ4v) is 3.02. The number of rotatable bonds is 9. The number of halogens is 1. The van der Waals surface area contributed by atoms with E-state index in [0.29, 0.717) is 0 Å². The Balaban J connectivity index is 0.00000364. The molecular formula is C20H35IN4O2. The smallest absolute Gasteiger partial charge is 0.193 e. The predicted octanol–water partition coefficient (Wildman–Crippen LogP) is 3.22. The number of anilines is 1. The highest BCUT2D eigenvalue weighted by atomic mass is 127. The van der Waals surface area contributed by atoms with Crippen LogP contribution in [0.4, 0.5) is 5.69 Å². The van der Waals surface area contributed by atoms with Gasteiger partial charge in [-0.2, -0.15) is 0 Å². The van der Waals surface area contributed by atoms with Gasteiger partial charge in [0.2, 0.25) is 0 Å². The number of aliphatic imine (C=N–C) groups is 1. The molecule has 27 heavy (non-hydrogen) atoms. The van der Waals surface area contributed by atoms with Crippen molar-refractivity contribution in [2.75, 3.05) is 65.0 Å². The third-order valence-corrected chi connectivity index (χ3v) is 4.62. The average molecular weight is 490 g/mol. The minimum absolute atomic E-state index is 0. The maximum absolute atomic E-state index is 5.61. The van der Waals surface area contributed by atoms with Crippen molar-refractivity contribution >= 4 is 35.6 Å². The second kappa shape index (κ2) is 13.9. The zero-order valence-corrected chi connectivity index (χ0v) is 19.3. The summed E-state index contributed by atoms with van der Waals surface area (Å²) in [5.41, 5.74) is 1.25. The summed E-state index contributed by atoms with van der Waals surface area (Å²) in [4.78, 5) is 9.17. The van der Waals surface area contributed by atoms with E-state index in [0.717, 1.165) is 70.5 Å². The first-order valence-electron chi connectivity index (χ1n) is 9.70. The first-order chi connectivity index (χ1) is 12.8. The van der Waals surface area contributed by atoms with Gasteiger partial charge in [0.25, 0.3) is 0 Å². The van der Waals surface area contributed by atoms with E-state index in [2.05, 4.69) is 39.2 Å². The summed E-state index contributed by atoms with van der Waals surface area (Å²) in [5, 5.41) is 3.46. The molecule has 0 bridgehead atoms. The molecule has 7 heteroatoms. The summed E-state index contributed by atoms with van der Waals surface area (Å²) < 4.78 is 10.8. The normalized spacial score (nSPS) is 14.7. The van der Waals surface area contributed by atoms with Crippen LogP contribution in [0.5, 0.6) is 5.75 Å². The summed E-state index contributed by atoms with van der Waals surface area (Å²) in [7, 11) is 3.56. The van der Waals surface area contributed by atoms with Gasteiger partial charge in [-0.3, -0.25) is 4.99 Å². The van der Waals surface area contributed by atoms with Crippen LogP contribution in [0.15, 0.2) is 29.3 Å². The van der Waals surface area contributed by atoms with Gasteiger partial charge >= 0.3 is 0 Å². The van der Waals surface area contributed by atoms with Gasteiger partial charge in [0.05, 0.1) is 7.11 Å². The molecule has 0 aliphatic carbocycles. The van der Waals surface area contributed by atoms with Gasteiger partial charge in [0.15, 0.2) is 5.96 Å². The standard InChI is InChI=1S/C20H34N4O2.HI/c1-4-5-16-26-17-6-11-22-20(21-2)24-14-12-23(13-15-24)18-7-9-19(25-3)10-8-18;/h7-10H,4-6,11-17H2,1-3H3,(H,21,22);1H. The number of nitrogens with zero attached hydrogens (tertiary/aromatic N) is 3. The lowest BCUT2D eigenvalue weighted by Gasteiger charge is -2.37. The minimum Gasteiger partial charge on any atom is -0.497 e. The molecule has 0 aromatic heterocycles. The Labute approximate surface area is 181 Å². The topological polar surface area (TPSA) is 49.3 Å². The predicted molar refractivity (Wildman–Crippen MR) is 124 cm³/mol. The van der Waals surface area contributed by atoms with Gasteiger partial charge in [0, 0.05) is 58.7 Å². The van der Waals surface area contributed by atoms with Crippen LogP contribution in [-0.2, 0) is 4.74 Å². The largest absolute Gasteiger partial charge is 0.497 e. The number of nitrogens with one attached hydrogen (secondary N) is 1. The molecule has 0 amide bonds. The molecular weight excluding hydrogens is 455 g/mol. The molecule has 1 heterocycles. The lowest BCUT2D eigenvalue weighted by Crippen LogP contribution is -2.52. The highest BCUT2D eigenvalue weighted by molar-refractivity contribution is 14.0. The van der Waals surface area contributed by atoms with Crippen LogP contribution in [0.3, 0.4) is 0 Å². The molecule has 0 radical (unpaired) electrons. The fraction of sp³-hybridized carbons (Fsp3) is 0.650. The van der Waals surface area contributed by atoms with Crippen molar-refractivity contribution in [3.8, 4) is 5.75 Å². The van der Waals surface area contributed by atoms with E-state index in [1.807, 2.05) is 19.2 Å². The van der Waals surface area contributed by atoms with Gasteiger partial charge in [-0.15, -0.1) is 24.0 Å². The quantitative estimate of drug-likeness (QED) is 0.249. The number of guanidine groups is 1. The van der Waals surface area contributed by atoms with Gasteiger partial charge < -0.3 is 24.6 Å². The first-order valence-corrected chi connectivity index (χ1v) is 9.70. The molecule has 0 unspecified atom stereocenters. The number of methoxy groups -OCH3 is 1. The van der Waals surface area contributed by atoms with Gasteiger partial charge in [0.1, 0.15) is 5.75 Å². The molecule has 1 aromatic rings. The zero-order valence-electron chi connectivity index (χ0n) is 16.9. The molecule has 1 aromatic carbocycles. The number of unbranched alkanes of at least 4 members (excludes halogenated alkanes) is 1. The van der Waals surface area contributed by atoms with Crippen molar-refractivity contribution in [3.05, 3.63) is 24.3 Å². The molecule has 1 N–H and O–H groups in total. The van der Waals surface area contributed by atoms with Crippen LogP contribution in [-0.4, -0.2) is 71.0 Å². The lowest BCUT2D eigenvalue weighted by atomic mass is 10.2. The second-order valence-corrected chi connectivity index (χ2v) is 6.47. The number of benzene rings is 1. The number of hydrogen-bond donors (Lipinski definition) is 1. The van der Waals surface area contributed by atoms with Crippen LogP contribution in [0.25, 0.3) is 0 Å². The summed E-state index contributed by atoms with van der Waals surface area (Å²) in [6.45, 7) is 8.70. The van der Waals surface area contributed by atoms with E-state index in [-0.39, 0.29) is 24.0 Å². The van der Waals surface area contributed by atoms with E-state index >= 15 is 0 Å². The van der Waals surface area contributed by atoms with Gasteiger partial charge in [-0.05, 0) is 37.1 Å². The van der Waals surface area contributed by atoms with Crippen LogP contribution >= 0.6 is 24.0 Å². The van der Waals surface area contributed by atoms with E-state index in [4.69, 9.17) is 9.47 Å². The molecule has 0 spiro atoms. The van der Waals surface area contributed by atoms with Crippen molar-refractivity contribution < 1.29 is 9.47 Å². The maximum atomic E-state index is 5.61. The fourth-order valence-electron chi connectivity index (χ4n) is 3.02. The average Bonchev–Trinajstić information content (AvgIpc) is 2.70. The molecule has 2 rings (SSSR count). The summed E-state index contributed by atoms with van der Waals surface area (Å²) in [5.74, 6) is 1.89. The van der Waals surface area contributed by atoms with E-state index in [1.54, 1.807) is 7.11 Å². The van der Waals surface area contributed by atoms with Crippen LogP contribution < -0.4 is 15.0 Å². The van der Waals surface area contributed by atoms with Crippen LogP contribution in [0.1, 0.15) is 26.2 Å². The third-order valence-electron chi connectivity index (χ3n) is 4.62. The maximum Gasteiger partial charge on any atom is 0.193 e. The van der Waals surface area contributed by atoms with Crippen molar-refractivity contribution in [1.82, 2.24) is 10.2 Å². The van der Waals surface area contributed by atoms with Crippen LogP contribution in [0.2, 0.25) is 0 Å². The molecule has 6 nitrogen and oxygen atoms in total. The number of piperazine rings is 1. The van der Waals surface area contributed by atoms with E-state index in [9.17, 15) is 0 Å². The molecule has 0 atom stereocenters.